The van der Waals surface area contributed by atoms with Crippen LogP contribution in [0.4, 0.5) is 11.5 Å². The Morgan fingerprint density at radius 1 is 1.09 bits per heavy atom. The Balaban J connectivity index is 1.49. The van der Waals surface area contributed by atoms with E-state index in [0.29, 0.717) is 12.5 Å². The van der Waals surface area contributed by atoms with E-state index in [4.69, 9.17) is 4.98 Å². The summed E-state index contributed by atoms with van der Waals surface area (Å²) in [4.78, 5) is 9.42. The van der Waals surface area contributed by atoms with Crippen LogP contribution in [0.5, 0.6) is 0 Å². The fourth-order valence-electron chi connectivity index (χ4n) is 4.65. The van der Waals surface area contributed by atoms with E-state index in [-0.39, 0.29) is 0 Å². The van der Waals surface area contributed by atoms with Gasteiger partial charge in [-0.1, -0.05) is 12.1 Å². The van der Waals surface area contributed by atoms with Crippen molar-refractivity contribution in [3.05, 3.63) is 36.5 Å². The molecule has 4 atom stereocenters. The lowest BCUT2D eigenvalue weighted by Gasteiger charge is -2.28. The Morgan fingerprint density at radius 3 is 2.53 bits per heavy atom. The lowest BCUT2D eigenvalue weighted by Crippen LogP contribution is -2.40. The smallest absolute Gasteiger partial charge is 0.128 e. The molecule has 2 aromatic heterocycles. The minimum Gasteiger partial charge on any atom is -0.390 e. The van der Waals surface area contributed by atoms with E-state index in [2.05, 4.69) is 21.7 Å². The molecule has 5 rings (SSSR count). The third-order valence-electron chi connectivity index (χ3n) is 6.82. The second-order valence-corrected chi connectivity index (χ2v) is 10.6. The summed E-state index contributed by atoms with van der Waals surface area (Å²) < 4.78 is 1.10. The number of thiazole rings is 1. The molecule has 3 aromatic rings. The molecule has 2 aliphatic rings. The lowest BCUT2D eigenvalue weighted by atomic mass is 9.88. The Bertz CT molecular complexity index is 1080. The summed E-state index contributed by atoms with van der Waals surface area (Å²) in [5.41, 5.74) is 1.53. The van der Waals surface area contributed by atoms with E-state index in [9.17, 15) is 15.3 Å². The van der Waals surface area contributed by atoms with E-state index >= 15 is 0 Å². The minimum absolute atomic E-state index is 0.395. The number of rotatable bonds is 6. The molecule has 2 aliphatic carbocycles. The van der Waals surface area contributed by atoms with Gasteiger partial charge in [-0.25, -0.2) is 9.97 Å². The molecule has 0 saturated heterocycles. The van der Waals surface area contributed by atoms with Crippen LogP contribution in [0, 0.1) is 5.92 Å². The molecule has 32 heavy (non-hydrogen) atoms. The number of benzene rings is 1. The monoisotopic (exact) mass is 454 g/mol. The fourth-order valence-corrected chi connectivity index (χ4v) is 5.64. The van der Waals surface area contributed by atoms with Crippen LogP contribution >= 0.6 is 11.3 Å². The maximum Gasteiger partial charge on any atom is 0.128 e. The Morgan fingerprint density at radius 2 is 1.88 bits per heavy atom. The molecule has 5 N–H and O–H groups in total. The highest BCUT2D eigenvalue weighted by atomic mass is 32.1. The van der Waals surface area contributed by atoms with Crippen LogP contribution in [0.3, 0.4) is 0 Å². The number of pyridine rings is 1. The maximum atomic E-state index is 10.7. The molecule has 7 nitrogen and oxygen atoms in total. The van der Waals surface area contributed by atoms with Crippen LogP contribution in [0.2, 0.25) is 0 Å². The van der Waals surface area contributed by atoms with Gasteiger partial charge in [0.1, 0.15) is 16.9 Å². The molecule has 2 fully saturated rings. The number of aromatic nitrogens is 2. The standard InChI is InChI=1S/C24H30N4O3S/c1-24(2,31)15-10-18(22(30)21(15)29)27-17-11-20(26-13-6-5-7-13)25-12-14(17)23-28-16-8-3-4-9-19(16)32-23/h3-4,8-9,11-13,15,18,21-22,29-31H,5-7,10H2,1-2H3,(H2,25,26,27). The quantitative estimate of drug-likeness (QED) is 0.387. The molecule has 0 amide bonds. The fraction of sp³-hybridized carbons (Fsp3) is 0.500. The van der Waals surface area contributed by atoms with Gasteiger partial charge in [0.05, 0.1) is 33.5 Å². The first kappa shape index (κ1) is 21.6. The number of para-hydroxylation sites is 1. The highest BCUT2D eigenvalue weighted by Gasteiger charge is 2.47. The SMILES string of the molecule is CC(C)(O)C1CC(Nc2cc(NC3CCC3)ncc2-c2nc3ccccc3s2)C(O)C1O. The van der Waals surface area contributed by atoms with E-state index in [1.165, 1.54) is 6.42 Å². The van der Waals surface area contributed by atoms with Gasteiger partial charge in [0.15, 0.2) is 0 Å². The third-order valence-corrected chi connectivity index (χ3v) is 7.89. The van der Waals surface area contributed by atoms with Crippen LogP contribution in [0.1, 0.15) is 39.5 Å². The van der Waals surface area contributed by atoms with Gasteiger partial charge >= 0.3 is 0 Å². The number of hydrogen-bond donors (Lipinski definition) is 5. The average molecular weight is 455 g/mol. The van der Waals surface area contributed by atoms with Crippen LogP contribution in [0.15, 0.2) is 36.5 Å². The highest BCUT2D eigenvalue weighted by molar-refractivity contribution is 7.21. The van der Waals surface area contributed by atoms with Crippen LogP contribution in [-0.4, -0.2) is 55.2 Å². The molecular weight excluding hydrogens is 424 g/mol. The molecule has 0 bridgehead atoms. The maximum absolute atomic E-state index is 10.7. The molecular formula is C24H30N4O3S. The predicted octanol–water partition coefficient (Wildman–Crippen LogP) is 3.62. The summed E-state index contributed by atoms with van der Waals surface area (Å²) in [6, 6.07) is 10.0. The normalized spacial score (nSPS) is 26.3. The van der Waals surface area contributed by atoms with Gasteiger partial charge in [-0.2, -0.15) is 0 Å². The molecule has 1 aromatic carbocycles. The molecule has 8 heteroatoms. The van der Waals surface area contributed by atoms with Crippen LogP contribution < -0.4 is 10.6 Å². The van der Waals surface area contributed by atoms with Crippen molar-refractivity contribution in [1.29, 1.82) is 0 Å². The molecule has 170 valence electrons. The first-order valence-corrected chi connectivity index (χ1v) is 12.1. The van der Waals surface area contributed by atoms with Gasteiger partial charge in [-0.05, 0) is 51.7 Å². The molecule has 0 aliphatic heterocycles. The van der Waals surface area contributed by atoms with Crippen molar-refractivity contribution in [2.75, 3.05) is 10.6 Å². The molecule has 0 spiro atoms. The zero-order chi connectivity index (χ0) is 22.5. The van der Waals surface area contributed by atoms with Crippen molar-refractivity contribution in [2.45, 2.75) is 69.4 Å². The number of hydrogen-bond acceptors (Lipinski definition) is 8. The van der Waals surface area contributed by atoms with Gasteiger partial charge in [0.25, 0.3) is 0 Å². The van der Waals surface area contributed by atoms with Crippen molar-refractivity contribution in [3.63, 3.8) is 0 Å². The third kappa shape index (κ3) is 4.08. The van der Waals surface area contributed by atoms with Gasteiger partial charge in [0.2, 0.25) is 0 Å². The molecule has 4 unspecified atom stereocenters. The number of fused-ring (bicyclic) bond motifs is 1. The number of nitrogens with one attached hydrogen (secondary N) is 2. The van der Waals surface area contributed by atoms with E-state index in [1.54, 1.807) is 25.2 Å². The van der Waals surface area contributed by atoms with Crippen LogP contribution in [-0.2, 0) is 0 Å². The van der Waals surface area contributed by atoms with Crippen molar-refractivity contribution >= 4 is 33.1 Å². The number of nitrogens with zero attached hydrogens (tertiary/aromatic N) is 2. The summed E-state index contributed by atoms with van der Waals surface area (Å²) >= 11 is 1.60. The van der Waals surface area contributed by atoms with Crippen molar-refractivity contribution in [2.24, 2.45) is 5.92 Å². The van der Waals surface area contributed by atoms with Gasteiger partial charge in [-0.3, -0.25) is 0 Å². The zero-order valence-corrected chi connectivity index (χ0v) is 19.1. The summed E-state index contributed by atoms with van der Waals surface area (Å²) in [5, 5.41) is 39.5. The minimum atomic E-state index is -1.08. The Hall–Kier alpha value is -2.26. The number of aliphatic hydroxyl groups is 3. The topological polar surface area (TPSA) is 111 Å². The van der Waals surface area contributed by atoms with Crippen molar-refractivity contribution in [1.82, 2.24) is 9.97 Å². The molecule has 0 radical (unpaired) electrons. The molecule has 2 heterocycles. The van der Waals surface area contributed by atoms with Gasteiger partial charge in [-0.15, -0.1) is 11.3 Å². The largest absolute Gasteiger partial charge is 0.390 e. The van der Waals surface area contributed by atoms with E-state index in [0.717, 1.165) is 45.1 Å². The number of anilines is 2. The molecule has 2 saturated carbocycles. The first-order chi connectivity index (χ1) is 15.3. The first-order valence-electron chi connectivity index (χ1n) is 11.3. The summed E-state index contributed by atoms with van der Waals surface area (Å²) in [7, 11) is 0. The van der Waals surface area contributed by atoms with Gasteiger partial charge in [0, 0.05) is 29.9 Å². The second kappa shape index (κ2) is 8.26. The average Bonchev–Trinajstić information content (AvgIpc) is 3.27. The number of aliphatic hydroxyl groups excluding tert-OH is 2. The van der Waals surface area contributed by atoms with Gasteiger partial charge < -0.3 is 26.0 Å². The van der Waals surface area contributed by atoms with Crippen LogP contribution in [0.25, 0.3) is 20.8 Å². The lowest BCUT2D eigenvalue weighted by molar-refractivity contribution is -0.0601. The summed E-state index contributed by atoms with van der Waals surface area (Å²) in [6.45, 7) is 3.35. The van der Waals surface area contributed by atoms with Crippen molar-refractivity contribution in [3.8, 4) is 10.6 Å². The van der Waals surface area contributed by atoms with E-state index < -0.39 is 29.8 Å². The van der Waals surface area contributed by atoms with Crippen molar-refractivity contribution < 1.29 is 15.3 Å². The second-order valence-electron chi connectivity index (χ2n) is 9.60. The summed E-state index contributed by atoms with van der Waals surface area (Å²) in [5.74, 6) is 0.365. The Kier molecular flexibility index (Phi) is 5.57. The van der Waals surface area contributed by atoms with E-state index in [1.807, 2.05) is 30.5 Å². The summed E-state index contributed by atoms with van der Waals surface area (Å²) in [6.07, 6.45) is 3.83. The zero-order valence-electron chi connectivity index (χ0n) is 18.3. The Labute approximate surface area is 191 Å². The highest BCUT2D eigenvalue weighted by Crippen LogP contribution is 2.40. The predicted molar refractivity (Wildman–Crippen MR) is 128 cm³/mol.